The van der Waals surface area contributed by atoms with Gasteiger partial charge in [-0.25, -0.2) is 4.79 Å². The van der Waals surface area contributed by atoms with Crippen molar-refractivity contribution >= 4 is 12.0 Å². The van der Waals surface area contributed by atoms with Crippen molar-refractivity contribution < 1.29 is 19.4 Å². The van der Waals surface area contributed by atoms with Crippen LogP contribution in [0, 0.1) is 11.8 Å². The molecule has 0 aromatic rings. The number of ether oxygens (including phenoxy) is 1. The van der Waals surface area contributed by atoms with E-state index < -0.39 is 17.9 Å². The molecule has 1 aliphatic carbocycles. The molecule has 0 aromatic carbocycles. The zero-order valence-corrected chi connectivity index (χ0v) is 11.5. The Morgan fingerprint density at radius 2 is 2.05 bits per heavy atom. The van der Waals surface area contributed by atoms with E-state index in [4.69, 9.17) is 9.84 Å². The lowest BCUT2D eigenvalue weighted by atomic mass is 10.0. The smallest absolute Gasteiger partial charge is 0.317 e. The van der Waals surface area contributed by atoms with Crippen molar-refractivity contribution in [3.8, 4) is 0 Å². The minimum atomic E-state index is -0.916. The van der Waals surface area contributed by atoms with Crippen LogP contribution >= 0.6 is 0 Å². The van der Waals surface area contributed by atoms with Gasteiger partial charge in [-0.15, -0.1) is 0 Å². The summed E-state index contributed by atoms with van der Waals surface area (Å²) < 4.78 is 5.15. The predicted octanol–water partition coefficient (Wildman–Crippen LogP) is 0.916. The number of urea groups is 1. The first-order valence-electron chi connectivity index (χ1n) is 6.86. The highest BCUT2D eigenvalue weighted by molar-refractivity contribution is 5.77. The number of carbonyl (C=O) groups excluding carboxylic acids is 1. The standard InChI is InChI=1S/C13H22N2O4/c1-8(2)15(5-9-3-4-9)13(18)14-11-7-19-6-10(11)12(16)17/h8-11H,3-7H2,1-2H3,(H,14,18)(H,16,17). The Balaban J connectivity index is 1.92. The molecule has 0 aromatic heterocycles. The fourth-order valence-corrected chi connectivity index (χ4v) is 2.29. The summed E-state index contributed by atoms with van der Waals surface area (Å²) >= 11 is 0. The number of carboxylic acids is 1. The third-order valence-electron chi connectivity index (χ3n) is 3.74. The summed E-state index contributed by atoms with van der Waals surface area (Å²) in [7, 11) is 0. The van der Waals surface area contributed by atoms with E-state index in [2.05, 4.69) is 5.32 Å². The van der Waals surface area contributed by atoms with Crippen LogP contribution in [0.2, 0.25) is 0 Å². The molecular weight excluding hydrogens is 248 g/mol. The van der Waals surface area contributed by atoms with Crippen molar-refractivity contribution in [1.29, 1.82) is 0 Å². The minimum absolute atomic E-state index is 0.117. The van der Waals surface area contributed by atoms with Gasteiger partial charge in [0.2, 0.25) is 0 Å². The van der Waals surface area contributed by atoms with Crippen LogP contribution in [-0.2, 0) is 9.53 Å². The fraction of sp³-hybridized carbons (Fsp3) is 0.846. The van der Waals surface area contributed by atoms with Crippen molar-refractivity contribution in [2.24, 2.45) is 11.8 Å². The van der Waals surface area contributed by atoms with Gasteiger partial charge in [-0.2, -0.15) is 0 Å². The van der Waals surface area contributed by atoms with Crippen molar-refractivity contribution in [2.45, 2.75) is 38.8 Å². The number of aliphatic carboxylic acids is 1. The van der Waals surface area contributed by atoms with E-state index in [0.29, 0.717) is 5.92 Å². The maximum atomic E-state index is 12.2. The molecule has 0 bridgehead atoms. The molecule has 108 valence electrons. The first-order valence-corrected chi connectivity index (χ1v) is 6.86. The number of amides is 2. The van der Waals surface area contributed by atoms with Gasteiger partial charge < -0.3 is 20.1 Å². The summed E-state index contributed by atoms with van der Waals surface area (Å²) in [4.78, 5) is 25.1. The van der Waals surface area contributed by atoms with Crippen LogP contribution in [0.25, 0.3) is 0 Å². The molecule has 2 amide bonds. The lowest BCUT2D eigenvalue weighted by Gasteiger charge is -2.29. The molecule has 2 N–H and O–H groups in total. The molecule has 2 aliphatic rings. The molecule has 19 heavy (non-hydrogen) atoms. The van der Waals surface area contributed by atoms with Gasteiger partial charge in [0.15, 0.2) is 0 Å². The van der Waals surface area contributed by atoms with E-state index >= 15 is 0 Å². The van der Waals surface area contributed by atoms with Crippen LogP contribution in [0.1, 0.15) is 26.7 Å². The summed E-state index contributed by atoms with van der Waals surface area (Å²) in [6.07, 6.45) is 2.36. The van der Waals surface area contributed by atoms with Crippen molar-refractivity contribution in [2.75, 3.05) is 19.8 Å². The zero-order chi connectivity index (χ0) is 14.0. The second-order valence-corrected chi connectivity index (χ2v) is 5.73. The average Bonchev–Trinajstić information content (AvgIpc) is 3.03. The molecule has 1 heterocycles. The Hall–Kier alpha value is -1.30. The van der Waals surface area contributed by atoms with Crippen LogP contribution in [0.3, 0.4) is 0 Å². The number of carboxylic acid groups (broad SMARTS) is 1. The molecule has 1 aliphatic heterocycles. The second-order valence-electron chi connectivity index (χ2n) is 5.73. The Labute approximate surface area is 113 Å². The van der Waals surface area contributed by atoms with E-state index in [1.54, 1.807) is 4.90 Å². The Kier molecular flexibility index (Phi) is 4.29. The Morgan fingerprint density at radius 1 is 1.37 bits per heavy atom. The molecule has 2 rings (SSSR count). The number of nitrogens with one attached hydrogen (secondary N) is 1. The van der Waals surface area contributed by atoms with Crippen LogP contribution in [-0.4, -0.2) is 53.8 Å². The molecule has 2 atom stereocenters. The van der Waals surface area contributed by atoms with Gasteiger partial charge in [-0.3, -0.25) is 4.79 Å². The highest BCUT2D eigenvalue weighted by Gasteiger charge is 2.37. The number of hydrogen-bond acceptors (Lipinski definition) is 3. The maximum absolute atomic E-state index is 12.2. The molecule has 2 unspecified atom stereocenters. The molecular formula is C13H22N2O4. The third kappa shape index (κ3) is 3.59. The lowest BCUT2D eigenvalue weighted by molar-refractivity contribution is -0.142. The van der Waals surface area contributed by atoms with Gasteiger partial charge in [-0.1, -0.05) is 0 Å². The third-order valence-corrected chi connectivity index (χ3v) is 3.74. The summed E-state index contributed by atoms with van der Waals surface area (Å²) in [6, 6.07) is -0.486. The SMILES string of the molecule is CC(C)N(CC1CC1)C(=O)NC1COCC1C(=O)O. The first-order chi connectivity index (χ1) is 8.99. The largest absolute Gasteiger partial charge is 0.481 e. The highest BCUT2D eigenvalue weighted by atomic mass is 16.5. The van der Waals surface area contributed by atoms with Gasteiger partial charge in [-0.05, 0) is 32.6 Å². The van der Waals surface area contributed by atoms with Gasteiger partial charge in [0.1, 0.15) is 5.92 Å². The van der Waals surface area contributed by atoms with Crippen LogP contribution < -0.4 is 5.32 Å². The van der Waals surface area contributed by atoms with Gasteiger partial charge >= 0.3 is 12.0 Å². The minimum Gasteiger partial charge on any atom is -0.481 e. The number of hydrogen-bond donors (Lipinski definition) is 2. The van der Waals surface area contributed by atoms with Crippen molar-refractivity contribution in [1.82, 2.24) is 10.2 Å². The van der Waals surface area contributed by atoms with E-state index in [1.807, 2.05) is 13.8 Å². The van der Waals surface area contributed by atoms with E-state index in [9.17, 15) is 9.59 Å². The van der Waals surface area contributed by atoms with Gasteiger partial charge in [0.25, 0.3) is 0 Å². The average molecular weight is 270 g/mol. The quantitative estimate of drug-likeness (QED) is 0.778. The summed E-state index contributed by atoms with van der Waals surface area (Å²) in [6.45, 7) is 5.15. The topological polar surface area (TPSA) is 78.9 Å². The summed E-state index contributed by atoms with van der Waals surface area (Å²) in [5.74, 6) is -0.941. The lowest BCUT2D eigenvalue weighted by Crippen LogP contribution is -2.51. The van der Waals surface area contributed by atoms with Gasteiger partial charge in [0.05, 0.1) is 19.3 Å². The van der Waals surface area contributed by atoms with Crippen LogP contribution in [0.15, 0.2) is 0 Å². The molecule has 0 spiro atoms. The van der Waals surface area contributed by atoms with Crippen molar-refractivity contribution in [3.05, 3.63) is 0 Å². The van der Waals surface area contributed by atoms with E-state index in [0.717, 1.165) is 6.54 Å². The fourth-order valence-electron chi connectivity index (χ4n) is 2.29. The Bertz CT molecular complexity index is 355. The normalized spacial score (nSPS) is 26.5. The highest BCUT2D eigenvalue weighted by Crippen LogP contribution is 2.30. The predicted molar refractivity (Wildman–Crippen MR) is 68.8 cm³/mol. The molecule has 1 saturated heterocycles. The molecule has 6 nitrogen and oxygen atoms in total. The zero-order valence-electron chi connectivity index (χ0n) is 11.5. The molecule has 6 heteroatoms. The number of carbonyl (C=O) groups is 2. The molecule has 2 fully saturated rings. The number of rotatable bonds is 5. The summed E-state index contributed by atoms with van der Waals surface area (Å²) in [5.41, 5.74) is 0. The Morgan fingerprint density at radius 3 is 2.58 bits per heavy atom. The molecule has 0 radical (unpaired) electrons. The second kappa shape index (κ2) is 5.77. The molecule has 1 saturated carbocycles. The van der Waals surface area contributed by atoms with Crippen LogP contribution in [0.4, 0.5) is 4.79 Å². The van der Waals surface area contributed by atoms with Gasteiger partial charge in [0, 0.05) is 12.6 Å². The van der Waals surface area contributed by atoms with E-state index in [-0.39, 0.29) is 25.3 Å². The van der Waals surface area contributed by atoms with Crippen LogP contribution in [0.5, 0.6) is 0 Å². The monoisotopic (exact) mass is 270 g/mol. The summed E-state index contributed by atoms with van der Waals surface area (Å²) in [5, 5.41) is 11.9. The van der Waals surface area contributed by atoms with Crippen molar-refractivity contribution in [3.63, 3.8) is 0 Å². The van der Waals surface area contributed by atoms with E-state index in [1.165, 1.54) is 12.8 Å². The number of nitrogens with zero attached hydrogens (tertiary/aromatic N) is 1. The maximum Gasteiger partial charge on any atom is 0.317 e. The first kappa shape index (κ1) is 14.1.